The number of carbonyl (C=O) groups is 1. The highest BCUT2D eigenvalue weighted by atomic mass is 16.6. The van der Waals surface area contributed by atoms with E-state index < -0.39 is 6.10 Å². The average molecular weight is 300 g/mol. The second-order valence-corrected chi connectivity index (χ2v) is 5.26. The highest BCUT2D eigenvalue weighted by Crippen LogP contribution is 2.31. The number of benzene rings is 1. The number of aryl methyl sites for hydroxylation is 1. The molecule has 1 amide bonds. The molecule has 1 aromatic heterocycles. The first-order valence-corrected chi connectivity index (χ1v) is 7.30. The number of para-hydroxylation sites is 2. The summed E-state index contributed by atoms with van der Waals surface area (Å²) in [5, 5.41) is 10.4. The first-order chi connectivity index (χ1) is 10.8. The maximum absolute atomic E-state index is 12.4. The molecule has 2 N–H and O–H groups in total. The second-order valence-electron chi connectivity index (χ2n) is 5.26. The molecule has 1 unspecified atom stereocenters. The molecule has 2 aliphatic heterocycles. The third-order valence-corrected chi connectivity index (χ3v) is 3.74. The fourth-order valence-corrected chi connectivity index (χ4v) is 2.63. The zero-order valence-electron chi connectivity index (χ0n) is 11.9. The fourth-order valence-electron chi connectivity index (χ4n) is 2.63. The first kappa shape index (κ1) is 13.0. The lowest BCUT2D eigenvalue weighted by Gasteiger charge is -2.25. The minimum Gasteiger partial charge on any atom is -0.485 e. The summed E-state index contributed by atoms with van der Waals surface area (Å²) in [5.41, 5.74) is 0.673. The Kier molecular flexibility index (Phi) is 3.10. The molecule has 7 nitrogen and oxygen atoms in total. The van der Waals surface area contributed by atoms with Gasteiger partial charge in [0.25, 0.3) is 5.91 Å². The number of fused-ring (bicyclic) bond motifs is 2. The average Bonchev–Trinajstić information content (AvgIpc) is 2.97. The SMILES string of the molecule is O=C(Nc1cnn2c1NCCC2)C1COc2ccccc2O1. The second kappa shape index (κ2) is 5.25. The zero-order chi connectivity index (χ0) is 14.9. The Hall–Kier alpha value is -2.70. The predicted octanol–water partition coefficient (Wildman–Crippen LogP) is 1.48. The maximum atomic E-state index is 12.4. The van der Waals surface area contributed by atoms with Gasteiger partial charge >= 0.3 is 0 Å². The molecule has 2 aliphatic rings. The number of rotatable bonds is 2. The van der Waals surface area contributed by atoms with E-state index in [1.54, 1.807) is 12.3 Å². The molecule has 1 aromatic carbocycles. The van der Waals surface area contributed by atoms with E-state index >= 15 is 0 Å². The van der Waals surface area contributed by atoms with Crippen LogP contribution in [0.2, 0.25) is 0 Å². The summed E-state index contributed by atoms with van der Waals surface area (Å²) in [7, 11) is 0. The summed E-state index contributed by atoms with van der Waals surface area (Å²) < 4.78 is 13.1. The van der Waals surface area contributed by atoms with Crippen molar-refractivity contribution in [2.24, 2.45) is 0 Å². The summed E-state index contributed by atoms with van der Waals surface area (Å²) in [6.07, 6.45) is 2.01. The molecule has 3 heterocycles. The number of aromatic nitrogens is 2. The number of amides is 1. The standard InChI is InChI=1S/C15H16N4O3/c20-15(13-9-21-11-4-1-2-5-12(11)22-13)18-10-8-17-19-7-3-6-16-14(10)19/h1-2,4-5,8,13,16H,3,6-7,9H2,(H,18,20). The van der Waals surface area contributed by atoms with Gasteiger partial charge in [0, 0.05) is 13.1 Å². The van der Waals surface area contributed by atoms with E-state index in [-0.39, 0.29) is 12.5 Å². The molecule has 0 bridgehead atoms. The molecule has 0 aliphatic carbocycles. The molecule has 22 heavy (non-hydrogen) atoms. The van der Waals surface area contributed by atoms with Crippen LogP contribution in [0.3, 0.4) is 0 Å². The number of anilines is 2. The van der Waals surface area contributed by atoms with Crippen LogP contribution in [0, 0.1) is 0 Å². The van der Waals surface area contributed by atoms with E-state index in [1.165, 1.54) is 0 Å². The molecule has 114 valence electrons. The lowest BCUT2D eigenvalue weighted by molar-refractivity contribution is -0.125. The summed E-state index contributed by atoms with van der Waals surface area (Å²) >= 11 is 0. The van der Waals surface area contributed by atoms with Crippen molar-refractivity contribution in [3.05, 3.63) is 30.5 Å². The van der Waals surface area contributed by atoms with Gasteiger partial charge in [0.1, 0.15) is 18.1 Å². The molecule has 0 radical (unpaired) electrons. The van der Waals surface area contributed by atoms with Gasteiger partial charge < -0.3 is 20.1 Å². The van der Waals surface area contributed by atoms with Gasteiger partial charge in [0.05, 0.1) is 6.20 Å². The third kappa shape index (κ3) is 2.24. The Bertz CT molecular complexity index is 713. The van der Waals surface area contributed by atoms with Crippen LogP contribution in [-0.4, -0.2) is 34.9 Å². The summed E-state index contributed by atoms with van der Waals surface area (Å²) in [5.74, 6) is 1.86. The predicted molar refractivity (Wildman–Crippen MR) is 80.3 cm³/mol. The van der Waals surface area contributed by atoms with Crippen molar-refractivity contribution in [2.45, 2.75) is 19.1 Å². The Morgan fingerprint density at radius 2 is 2.23 bits per heavy atom. The molecule has 7 heteroatoms. The Labute approximate surface area is 127 Å². The number of hydrogen-bond acceptors (Lipinski definition) is 5. The Morgan fingerprint density at radius 3 is 3.14 bits per heavy atom. The van der Waals surface area contributed by atoms with E-state index in [0.717, 1.165) is 25.3 Å². The van der Waals surface area contributed by atoms with Crippen LogP contribution in [-0.2, 0) is 11.3 Å². The van der Waals surface area contributed by atoms with E-state index in [2.05, 4.69) is 15.7 Å². The molecule has 2 aromatic rings. The van der Waals surface area contributed by atoms with Crippen molar-refractivity contribution < 1.29 is 14.3 Å². The van der Waals surface area contributed by atoms with Crippen LogP contribution in [0.1, 0.15) is 6.42 Å². The van der Waals surface area contributed by atoms with Gasteiger partial charge in [0.2, 0.25) is 6.10 Å². The lowest BCUT2D eigenvalue weighted by atomic mass is 10.2. The van der Waals surface area contributed by atoms with Crippen LogP contribution in [0.4, 0.5) is 11.5 Å². The number of nitrogens with one attached hydrogen (secondary N) is 2. The van der Waals surface area contributed by atoms with Crippen LogP contribution in [0.25, 0.3) is 0 Å². The van der Waals surface area contributed by atoms with E-state index in [1.807, 2.05) is 22.9 Å². The lowest BCUT2D eigenvalue weighted by Crippen LogP contribution is -2.40. The Balaban J connectivity index is 1.48. The topological polar surface area (TPSA) is 77.4 Å². The number of hydrogen-bond donors (Lipinski definition) is 2. The van der Waals surface area contributed by atoms with E-state index in [0.29, 0.717) is 17.2 Å². The van der Waals surface area contributed by atoms with Gasteiger partial charge in [-0.2, -0.15) is 5.10 Å². The monoisotopic (exact) mass is 300 g/mol. The Morgan fingerprint density at radius 1 is 1.36 bits per heavy atom. The molecule has 0 saturated carbocycles. The number of ether oxygens (including phenoxy) is 2. The van der Waals surface area contributed by atoms with Gasteiger partial charge in [-0.25, -0.2) is 4.68 Å². The highest BCUT2D eigenvalue weighted by Gasteiger charge is 2.28. The van der Waals surface area contributed by atoms with Gasteiger partial charge in [-0.05, 0) is 18.6 Å². The minimum atomic E-state index is -0.672. The third-order valence-electron chi connectivity index (χ3n) is 3.74. The minimum absolute atomic E-state index is 0.194. The van der Waals surface area contributed by atoms with Crippen molar-refractivity contribution in [1.82, 2.24) is 9.78 Å². The van der Waals surface area contributed by atoms with Crippen molar-refractivity contribution in [3.8, 4) is 11.5 Å². The molecule has 0 fully saturated rings. The number of carbonyl (C=O) groups excluding carboxylic acids is 1. The molecule has 0 spiro atoms. The van der Waals surface area contributed by atoms with E-state index in [4.69, 9.17) is 9.47 Å². The van der Waals surface area contributed by atoms with Crippen LogP contribution in [0.15, 0.2) is 30.5 Å². The van der Waals surface area contributed by atoms with Gasteiger partial charge in [-0.15, -0.1) is 0 Å². The van der Waals surface area contributed by atoms with Crippen LogP contribution in [0.5, 0.6) is 11.5 Å². The maximum Gasteiger partial charge on any atom is 0.269 e. The van der Waals surface area contributed by atoms with Crippen molar-refractivity contribution >= 4 is 17.4 Å². The highest BCUT2D eigenvalue weighted by molar-refractivity contribution is 5.97. The largest absolute Gasteiger partial charge is 0.485 e. The normalized spacial score (nSPS) is 19.0. The van der Waals surface area contributed by atoms with Crippen LogP contribution < -0.4 is 20.1 Å². The molecular weight excluding hydrogens is 284 g/mol. The molecular formula is C15H16N4O3. The van der Waals surface area contributed by atoms with Crippen LogP contribution >= 0.6 is 0 Å². The van der Waals surface area contributed by atoms with Crippen molar-refractivity contribution in [2.75, 3.05) is 23.8 Å². The summed E-state index contributed by atoms with van der Waals surface area (Å²) in [6.45, 7) is 1.93. The zero-order valence-corrected chi connectivity index (χ0v) is 11.9. The number of nitrogens with zero attached hydrogens (tertiary/aromatic N) is 2. The van der Waals surface area contributed by atoms with Gasteiger partial charge in [-0.3, -0.25) is 4.79 Å². The molecule has 1 atom stereocenters. The van der Waals surface area contributed by atoms with Gasteiger partial charge in [-0.1, -0.05) is 12.1 Å². The van der Waals surface area contributed by atoms with Crippen molar-refractivity contribution in [3.63, 3.8) is 0 Å². The quantitative estimate of drug-likeness (QED) is 0.878. The van der Waals surface area contributed by atoms with E-state index in [9.17, 15) is 4.79 Å². The smallest absolute Gasteiger partial charge is 0.269 e. The van der Waals surface area contributed by atoms with Crippen molar-refractivity contribution in [1.29, 1.82) is 0 Å². The van der Waals surface area contributed by atoms with Gasteiger partial charge in [0.15, 0.2) is 11.5 Å². The molecule has 4 rings (SSSR count). The summed E-state index contributed by atoms with van der Waals surface area (Å²) in [4.78, 5) is 12.4. The first-order valence-electron chi connectivity index (χ1n) is 7.30. The summed E-state index contributed by atoms with van der Waals surface area (Å²) in [6, 6.07) is 7.33. The molecule has 0 saturated heterocycles. The fraction of sp³-hybridized carbons (Fsp3) is 0.333.